The molecule has 4 heterocycles. The van der Waals surface area contributed by atoms with Gasteiger partial charge in [-0.3, -0.25) is 9.20 Å². The number of nitrogens with one attached hydrogen (secondary N) is 1. The van der Waals surface area contributed by atoms with Gasteiger partial charge in [-0.2, -0.15) is 5.10 Å². The number of hydrogen-bond donors (Lipinski definition) is 1. The standard InChI is InChI=1S/C18H12N8OS/c27-17(14-5-6-16(24-23-14)26-11-19-10-20-26)21-13-4-2-1-3-12(13)15-9-25-7-8-28-18(25)22-15/h1-11H,(H,21,27). The summed E-state index contributed by atoms with van der Waals surface area (Å²) in [6, 6.07) is 10.8. The molecule has 0 unspecified atom stereocenters. The van der Waals surface area contributed by atoms with Crippen molar-refractivity contribution in [2.75, 3.05) is 5.32 Å². The van der Waals surface area contributed by atoms with E-state index in [0.717, 1.165) is 16.2 Å². The SMILES string of the molecule is O=C(Nc1ccccc1-c1cn2ccsc2n1)c1ccc(-n2cncn2)nn1. The van der Waals surface area contributed by atoms with E-state index in [1.807, 2.05) is 46.4 Å². The fourth-order valence-corrected chi connectivity index (χ4v) is 3.45. The third-order valence-electron chi connectivity index (χ3n) is 4.08. The summed E-state index contributed by atoms with van der Waals surface area (Å²) in [5.74, 6) is 0.124. The van der Waals surface area contributed by atoms with Crippen molar-refractivity contribution in [3.05, 3.63) is 72.5 Å². The van der Waals surface area contributed by atoms with Crippen molar-refractivity contribution in [2.24, 2.45) is 0 Å². The molecular formula is C18H12N8OS. The number of anilines is 1. The first-order chi connectivity index (χ1) is 13.8. The Balaban J connectivity index is 1.41. The van der Waals surface area contributed by atoms with Crippen LogP contribution in [-0.4, -0.2) is 40.3 Å². The van der Waals surface area contributed by atoms with Crippen molar-refractivity contribution in [3.8, 4) is 17.1 Å². The van der Waals surface area contributed by atoms with E-state index in [2.05, 4.69) is 30.6 Å². The first-order valence-corrected chi connectivity index (χ1v) is 9.17. The Bertz CT molecular complexity index is 1230. The zero-order chi connectivity index (χ0) is 18.9. The molecule has 0 saturated heterocycles. The Morgan fingerprint density at radius 1 is 1.11 bits per heavy atom. The minimum Gasteiger partial charge on any atom is -0.320 e. The number of para-hydroxylation sites is 1. The number of carbonyl (C=O) groups is 1. The molecule has 0 aliphatic heterocycles. The van der Waals surface area contributed by atoms with Crippen molar-refractivity contribution >= 4 is 27.9 Å². The zero-order valence-corrected chi connectivity index (χ0v) is 15.1. The van der Waals surface area contributed by atoms with Crippen LogP contribution in [0.25, 0.3) is 22.0 Å². The summed E-state index contributed by atoms with van der Waals surface area (Å²) in [4.78, 5) is 22.0. The number of benzene rings is 1. The van der Waals surface area contributed by atoms with Crippen molar-refractivity contribution in [3.63, 3.8) is 0 Å². The molecule has 9 nitrogen and oxygen atoms in total. The lowest BCUT2D eigenvalue weighted by atomic mass is 10.1. The minimum absolute atomic E-state index is 0.199. The molecule has 5 aromatic rings. The number of amides is 1. The number of carbonyl (C=O) groups excluding carboxylic acids is 1. The molecular weight excluding hydrogens is 376 g/mol. The molecule has 28 heavy (non-hydrogen) atoms. The highest BCUT2D eigenvalue weighted by Gasteiger charge is 2.14. The highest BCUT2D eigenvalue weighted by Crippen LogP contribution is 2.28. The van der Waals surface area contributed by atoms with Crippen LogP contribution < -0.4 is 5.32 Å². The van der Waals surface area contributed by atoms with Crippen LogP contribution in [0, 0.1) is 0 Å². The van der Waals surface area contributed by atoms with Gasteiger partial charge in [0.25, 0.3) is 5.91 Å². The molecule has 0 atom stereocenters. The lowest BCUT2D eigenvalue weighted by Gasteiger charge is -2.09. The van der Waals surface area contributed by atoms with Gasteiger partial charge in [0, 0.05) is 23.3 Å². The van der Waals surface area contributed by atoms with E-state index in [4.69, 9.17) is 0 Å². The zero-order valence-electron chi connectivity index (χ0n) is 14.3. The molecule has 0 saturated carbocycles. The van der Waals surface area contributed by atoms with Gasteiger partial charge in [0.2, 0.25) is 0 Å². The van der Waals surface area contributed by atoms with E-state index in [1.54, 1.807) is 23.5 Å². The number of nitrogens with zero attached hydrogens (tertiary/aromatic N) is 7. The summed E-state index contributed by atoms with van der Waals surface area (Å²) >= 11 is 1.55. The topological polar surface area (TPSA) is 103 Å². The second kappa shape index (κ2) is 6.67. The van der Waals surface area contributed by atoms with Crippen molar-refractivity contribution in [1.29, 1.82) is 0 Å². The number of hydrogen-bond acceptors (Lipinski definition) is 7. The molecule has 1 amide bonds. The summed E-state index contributed by atoms with van der Waals surface area (Å²) in [6.45, 7) is 0. The lowest BCUT2D eigenvalue weighted by molar-refractivity contribution is 0.102. The second-order valence-electron chi connectivity index (χ2n) is 5.84. The molecule has 5 rings (SSSR count). The lowest BCUT2D eigenvalue weighted by Crippen LogP contribution is -2.15. The van der Waals surface area contributed by atoms with Crippen LogP contribution in [-0.2, 0) is 0 Å². The first kappa shape index (κ1) is 16.3. The summed E-state index contributed by atoms with van der Waals surface area (Å²) < 4.78 is 3.42. The van der Waals surface area contributed by atoms with Gasteiger partial charge in [-0.05, 0) is 18.2 Å². The Morgan fingerprint density at radius 2 is 2.04 bits per heavy atom. The van der Waals surface area contributed by atoms with Gasteiger partial charge in [-0.15, -0.1) is 21.5 Å². The molecule has 1 aromatic carbocycles. The predicted molar refractivity (Wildman–Crippen MR) is 103 cm³/mol. The van der Waals surface area contributed by atoms with E-state index >= 15 is 0 Å². The maximum absolute atomic E-state index is 12.6. The average Bonchev–Trinajstić information content (AvgIpc) is 3.46. The molecule has 136 valence electrons. The van der Waals surface area contributed by atoms with Crippen LogP contribution in [0.5, 0.6) is 0 Å². The molecule has 10 heteroatoms. The van der Waals surface area contributed by atoms with Crippen molar-refractivity contribution in [1.82, 2.24) is 34.3 Å². The smallest absolute Gasteiger partial charge is 0.276 e. The van der Waals surface area contributed by atoms with E-state index in [0.29, 0.717) is 11.5 Å². The molecule has 4 aromatic heterocycles. The van der Waals surface area contributed by atoms with Crippen LogP contribution in [0.1, 0.15) is 10.5 Å². The Hall–Kier alpha value is -3.92. The maximum atomic E-state index is 12.6. The Kier molecular flexibility index (Phi) is 3.87. The van der Waals surface area contributed by atoms with Crippen molar-refractivity contribution < 1.29 is 4.79 Å². The number of rotatable bonds is 4. The molecule has 1 N–H and O–H groups in total. The summed E-state index contributed by atoms with van der Waals surface area (Å²) in [5.41, 5.74) is 2.47. The highest BCUT2D eigenvalue weighted by atomic mass is 32.1. The molecule has 0 spiro atoms. The maximum Gasteiger partial charge on any atom is 0.276 e. The number of imidazole rings is 1. The Labute approximate surface area is 162 Å². The summed E-state index contributed by atoms with van der Waals surface area (Å²) in [6.07, 6.45) is 6.79. The third-order valence-corrected chi connectivity index (χ3v) is 4.85. The monoisotopic (exact) mass is 388 g/mol. The molecule has 0 radical (unpaired) electrons. The van der Waals surface area contributed by atoms with Gasteiger partial charge in [0.1, 0.15) is 12.7 Å². The fourth-order valence-electron chi connectivity index (χ4n) is 2.75. The quantitative estimate of drug-likeness (QED) is 0.508. The number of thiazole rings is 1. The van der Waals surface area contributed by atoms with Crippen LogP contribution in [0.2, 0.25) is 0 Å². The molecule has 0 fully saturated rings. The van der Waals surface area contributed by atoms with E-state index in [-0.39, 0.29) is 11.6 Å². The molecule has 0 aliphatic carbocycles. The number of aromatic nitrogens is 7. The minimum atomic E-state index is -0.355. The predicted octanol–water partition coefficient (Wildman–Crippen LogP) is 2.69. The highest BCUT2D eigenvalue weighted by molar-refractivity contribution is 7.15. The average molecular weight is 388 g/mol. The summed E-state index contributed by atoms with van der Waals surface area (Å²) in [7, 11) is 0. The van der Waals surface area contributed by atoms with Gasteiger partial charge >= 0.3 is 0 Å². The van der Waals surface area contributed by atoms with Crippen LogP contribution in [0.15, 0.2) is 66.8 Å². The van der Waals surface area contributed by atoms with Gasteiger partial charge < -0.3 is 5.32 Å². The van der Waals surface area contributed by atoms with Gasteiger partial charge in [-0.25, -0.2) is 14.6 Å². The molecule has 0 aliphatic rings. The largest absolute Gasteiger partial charge is 0.320 e. The molecule has 0 bridgehead atoms. The third kappa shape index (κ3) is 2.91. The van der Waals surface area contributed by atoms with E-state index in [1.165, 1.54) is 17.3 Å². The fraction of sp³-hybridized carbons (Fsp3) is 0. The first-order valence-electron chi connectivity index (χ1n) is 8.29. The Morgan fingerprint density at radius 3 is 2.82 bits per heavy atom. The van der Waals surface area contributed by atoms with Gasteiger partial charge in [-0.1, -0.05) is 18.2 Å². The van der Waals surface area contributed by atoms with E-state index < -0.39 is 0 Å². The normalized spacial score (nSPS) is 11.0. The summed E-state index contributed by atoms with van der Waals surface area (Å²) in [5, 5.41) is 16.9. The van der Waals surface area contributed by atoms with Crippen molar-refractivity contribution in [2.45, 2.75) is 0 Å². The van der Waals surface area contributed by atoms with E-state index in [9.17, 15) is 4.79 Å². The van der Waals surface area contributed by atoms with Crippen LogP contribution in [0.4, 0.5) is 5.69 Å². The van der Waals surface area contributed by atoms with Gasteiger partial charge in [0.05, 0.1) is 11.4 Å². The number of fused-ring (bicyclic) bond motifs is 1. The van der Waals surface area contributed by atoms with Crippen LogP contribution >= 0.6 is 11.3 Å². The second-order valence-corrected chi connectivity index (χ2v) is 6.71. The van der Waals surface area contributed by atoms with Crippen LogP contribution in [0.3, 0.4) is 0 Å². The van der Waals surface area contributed by atoms with Gasteiger partial charge in [0.15, 0.2) is 16.5 Å².